The molecule has 0 aliphatic carbocycles. The second-order valence-corrected chi connectivity index (χ2v) is 8.93. The highest BCUT2D eigenvalue weighted by Gasteiger charge is 2.31. The molecule has 1 aliphatic rings. The summed E-state index contributed by atoms with van der Waals surface area (Å²) < 4.78 is 1.64. The number of anilines is 2. The molecule has 178 valence electrons. The summed E-state index contributed by atoms with van der Waals surface area (Å²) >= 11 is 5.96. The Bertz CT molecular complexity index is 1370. The Kier molecular flexibility index (Phi) is 6.37. The Labute approximate surface area is 207 Å². The summed E-state index contributed by atoms with van der Waals surface area (Å²) in [5, 5.41) is 11.4. The third-order valence-corrected chi connectivity index (χ3v) is 6.42. The Morgan fingerprint density at radius 2 is 1.91 bits per heavy atom. The van der Waals surface area contributed by atoms with Gasteiger partial charge in [-0.3, -0.25) is 9.59 Å². The number of rotatable bonds is 7. The first-order valence-corrected chi connectivity index (χ1v) is 11.9. The van der Waals surface area contributed by atoms with Crippen LogP contribution in [0.2, 0.25) is 5.02 Å². The van der Waals surface area contributed by atoms with Crippen LogP contribution in [0.1, 0.15) is 40.9 Å². The Morgan fingerprint density at radius 3 is 2.63 bits per heavy atom. The van der Waals surface area contributed by atoms with Crippen molar-refractivity contribution in [3.8, 4) is 0 Å². The zero-order valence-electron chi connectivity index (χ0n) is 19.2. The van der Waals surface area contributed by atoms with Crippen LogP contribution in [-0.2, 0) is 11.3 Å². The van der Waals surface area contributed by atoms with Crippen LogP contribution < -0.4 is 10.6 Å². The van der Waals surface area contributed by atoms with Gasteiger partial charge in [-0.2, -0.15) is 9.61 Å². The van der Waals surface area contributed by atoms with Crippen molar-refractivity contribution in [3.05, 3.63) is 88.7 Å². The van der Waals surface area contributed by atoms with Gasteiger partial charge in [0.1, 0.15) is 11.4 Å². The number of benzene rings is 2. The largest absolute Gasteiger partial charge is 0.366 e. The Hall–Kier alpha value is -3.91. The van der Waals surface area contributed by atoms with Crippen molar-refractivity contribution in [1.29, 1.82) is 0 Å². The standard InChI is InChI=1S/C26H25ClN6O2/c1-2-32-16-18(12-24(32)34)22-13-23(28-14-17-6-4-3-5-7-17)33-25(31-22)21(15-29-33)26(35)30-20-10-8-19(27)9-11-20/h3-11,13,15,18,28H,2,12,14,16H2,1H3,(H,30,35)/t18-/m1/s1. The summed E-state index contributed by atoms with van der Waals surface area (Å²) in [5.41, 5.74) is 3.28. The summed E-state index contributed by atoms with van der Waals surface area (Å²) in [4.78, 5) is 32.2. The van der Waals surface area contributed by atoms with Crippen LogP contribution in [0.5, 0.6) is 0 Å². The van der Waals surface area contributed by atoms with Gasteiger partial charge in [0.15, 0.2) is 5.65 Å². The molecule has 35 heavy (non-hydrogen) atoms. The molecule has 1 aliphatic heterocycles. The van der Waals surface area contributed by atoms with E-state index in [9.17, 15) is 9.59 Å². The molecule has 4 aromatic rings. The number of amides is 2. The fourth-order valence-electron chi connectivity index (χ4n) is 4.27. The smallest absolute Gasteiger partial charge is 0.261 e. The average molecular weight is 489 g/mol. The number of aromatic nitrogens is 3. The lowest BCUT2D eigenvalue weighted by Crippen LogP contribution is -2.24. The molecule has 9 heteroatoms. The van der Waals surface area contributed by atoms with Gasteiger partial charge in [0.2, 0.25) is 5.91 Å². The molecule has 1 fully saturated rings. The number of halogens is 1. The van der Waals surface area contributed by atoms with Gasteiger partial charge in [0.05, 0.1) is 11.9 Å². The van der Waals surface area contributed by atoms with Crippen molar-refractivity contribution in [2.75, 3.05) is 23.7 Å². The van der Waals surface area contributed by atoms with Crippen LogP contribution in [-0.4, -0.2) is 44.4 Å². The highest BCUT2D eigenvalue weighted by molar-refractivity contribution is 6.30. The van der Waals surface area contributed by atoms with Gasteiger partial charge in [-0.1, -0.05) is 41.9 Å². The van der Waals surface area contributed by atoms with E-state index in [1.807, 2.05) is 48.2 Å². The molecular weight excluding hydrogens is 464 g/mol. The Morgan fingerprint density at radius 1 is 1.14 bits per heavy atom. The van der Waals surface area contributed by atoms with E-state index in [-0.39, 0.29) is 17.7 Å². The second kappa shape index (κ2) is 9.76. The third-order valence-electron chi connectivity index (χ3n) is 6.17. The zero-order valence-corrected chi connectivity index (χ0v) is 20.0. The molecule has 0 unspecified atom stereocenters. The topological polar surface area (TPSA) is 91.6 Å². The number of hydrogen-bond donors (Lipinski definition) is 2. The lowest BCUT2D eigenvalue weighted by atomic mass is 10.0. The van der Waals surface area contributed by atoms with Crippen molar-refractivity contribution in [2.24, 2.45) is 0 Å². The van der Waals surface area contributed by atoms with E-state index in [4.69, 9.17) is 16.6 Å². The van der Waals surface area contributed by atoms with Crippen LogP contribution in [0, 0.1) is 0 Å². The van der Waals surface area contributed by atoms with E-state index in [0.717, 1.165) is 11.3 Å². The number of nitrogens with one attached hydrogen (secondary N) is 2. The van der Waals surface area contributed by atoms with Gasteiger partial charge in [-0.05, 0) is 36.8 Å². The van der Waals surface area contributed by atoms with Crippen LogP contribution in [0.15, 0.2) is 66.9 Å². The van der Waals surface area contributed by atoms with Crippen molar-refractivity contribution in [2.45, 2.75) is 25.8 Å². The minimum atomic E-state index is -0.321. The fourth-order valence-corrected chi connectivity index (χ4v) is 4.40. The SMILES string of the molecule is CCN1C[C@H](c2cc(NCc3ccccc3)n3ncc(C(=O)Nc4ccc(Cl)cc4)c3n2)CC1=O. The third kappa shape index (κ3) is 4.83. The fraction of sp³-hybridized carbons (Fsp3) is 0.231. The molecule has 1 saturated heterocycles. The quantitative estimate of drug-likeness (QED) is 0.397. The first kappa shape index (κ1) is 22.9. The number of carbonyl (C=O) groups is 2. The predicted octanol–water partition coefficient (Wildman–Crippen LogP) is 4.58. The average Bonchev–Trinajstić information content (AvgIpc) is 3.48. The highest BCUT2D eigenvalue weighted by atomic mass is 35.5. The second-order valence-electron chi connectivity index (χ2n) is 8.49. The molecule has 5 rings (SSSR count). The maximum atomic E-state index is 13.1. The molecule has 2 aromatic carbocycles. The molecule has 2 amide bonds. The molecular formula is C26H25ClN6O2. The van der Waals surface area contributed by atoms with Crippen LogP contribution >= 0.6 is 11.6 Å². The van der Waals surface area contributed by atoms with Gasteiger partial charge in [0, 0.05) is 48.7 Å². The Balaban J connectivity index is 1.50. The first-order valence-electron chi connectivity index (χ1n) is 11.5. The summed E-state index contributed by atoms with van der Waals surface area (Å²) in [6.07, 6.45) is 1.92. The predicted molar refractivity (Wildman–Crippen MR) is 136 cm³/mol. The van der Waals surface area contributed by atoms with E-state index < -0.39 is 0 Å². The molecule has 2 aromatic heterocycles. The highest BCUT2D eigenvalue weighted by Crippen LogP contribution is 2.30. The number of fused-ring (bicyclic) bond motifs is 1. The van der Waals surface area contributed by atoms with Gasteiger partial charge in [0.25, 0.3) is 5.91 Å². The summed E-state index contributed by atoms with van der Waals surface area (Å²) in [6.45, 7) is 3.82. The lowest BCUT2D eigenvalue weighted by Gasteiger charge is -2.15. The van der Waals surface area contributed by atoms with Crippen LogP contribution in [0.3, 0.4) is 0 Å². The van der Waals surface area contributed by atoms with E-state index in [1.165, 1.54) is 6.20 Å². The van der Waals surface area contributed by atoms with E-state index in [0.29, 0.717) is 53.8 Å². The normalized spacial score (nSPS) is 15.5. The van der Waals surface area contributed by atoms with Gasteiger partial charge in [-0.15, -0.1) is 0 Å². The molecule has 3 heterocycles. The summed E-state index contributed by atoms with van der Waals surface area (Å²) in [7, 11) is 0. The van der Waals surface area contributed by atoms with Crippen molar-refractivity contribution < 1.29 is 9.59 Å². The molecule has 2 N–H and O–H groups in total. The first-order chi connectivity index (χ1) is 17.0. The zero-order chi connectivity index (χ0) is 24.4. The molecule has 0 spiro atoms. The molecule has 0 radical (unpaired) electrons. The van der Waals surface area contributed by atoms with Crippen molar-refractivity contribution in [3.63, 3.8) is 0 Å². The maximum Gasteiger partial charge on any atom is 0.261 e. The van der Waals surface area contributed by atoms with Crippen molar-refractivity contribution in [1.82, 2.24) is 19.5 Å². The molecule has 1 atom stereocenters. The minimum Gasteiger partial charge on any atom is -0.366 e. The van der Waals surface area contributed by atoms with Crippen LogP contribution in [0.4, 0.5) is 11.5 Å². The number of nitrogens with zero attached hydrogens (tertiary/aromatic N) is 4. The number of carbonyl (C=O) groups excluding carboxylic acids is 2. The van der Waals surface area contributed by atoms with Gasteiger partial charge >= 0.3 is 0 Å². The lowest BCUT2D eigenvalue weighted by molar-refractivity contribution is -0.127. The van der Waals surface area contributed by atoms with Crippen LogP contribution in [0.25, 0.3) is 5.65 Å². The number of hydrogen-bond acceptors (Lipinski definition) is 5. The van der Waals surface area contributed by atoms with Gasteiger partial charge < -0.3 is 15.5 Å². The summed E-state index contributed by atoms with van der Waals surface area (Å²) in [5.74, 6) is 0.458. The van der Waals surface area contributed by atoms with E-state index >= 15 is 0 Å². The summed E-state index contributed by atoms with van der Waals surface area (Å²) in [6, 6.07) is 18.9. The monoisotopic (exact) mass is 488 g/mol. The molecule has 0 saturated carbocycles. The van der Waals surface area contributed by atoms with Gasteiger partial charge in [-0.25, -0.2) is 4.98 Å². The molecule has 8 nitrogen and oxygen atoms in total. The van der Waals surface area contributed by atoms with E-state index in [2.05, 4.69) is 15.7 Å². The maximum absolute atomic E-state index is 13.1. The minimum absolute atomic E-state index is 0.0493. The molecule has 0 bridgehead atoms. The number of likely N-dealkylation sites (tertiary alicyclic amines) is 1. The number of likely N-dealkylation sites (N-methyl/N-ethyl adjacent to an activating group) is 1. The van der Waals surface area contributed by atoms with E-state index in [1.54, 1.807) is 28.8 Å². The van der Waals surface area contributed by atoms with Crippen molar-refractivity contribution >= 4 is 40.6 Å².